The van der Waals surface area contributed by atoms with E-state index in [1.807, 2.05) is 50.5 Å². The molecule has 0 aliphatic heterocycles. The number of carbonyl (C=O) groups excluding carboxylic acids is 2. The predicted molar refractivity (Wildman–Crippen MR) is 99.2 cm³/mol. The number of rotatable bonds is 7. The van der Waals surface area contributed by atoms with Crippen molar-refractivity contribution < 1.29 is 9.59 Å². The fourth-order valence-corrected chi connectivity index (χ4v) is 2.56. The minimum atomic E-state index is -0.605. The van der Waals surface area contributed by atoms with Crippen LogP contribution in [0.1, 0.15) is 28.9 Å². The summed E-state index contributed by atoms with van der Waals surface area (Å²) >= 11 is 0. The van der Waals surface area contributed by atoms with E-state index in [-0.39, 0.29) is 17.9 Å². The molecular formula is C20H25N3O2. The normalized spacial score (nSPS) is 13.1. The summed E-state index contributed by atoms with van der Waals surface area (Å²) < 4.78 is 0. The average Bonchev–Trinajstić information content (AvgIpc) is 2.63. The van der Waals surface area contributed by atoms with Crippen LogP contribution in [0.25, 0.3) is 0 Å². The summed E-state index contributed by atoms with van der Waals surface area (Å²) in [6, 6.07) is 18.3. The number of nitrogens with one attached hydrogen (secondary N) is 2. The van der Waals surface area contributed by atoms with Gasteiger partial charge in [-0.3, -0.25) is 9.59 Å². The van der Waals surface area contributed by atoms with Gasteiger partial charge in [-0.15, -0.1) is 0 Å². The first-order valence-electron chi connectivity index (χ1n) is 8.34. The molecule has 0 fully saturated rings. The Morgan fingerprint density at radius 2 is 1.52 bits per heavy atom. The zero-order valence-corrected chi connectivity index (χ0v) is 14.9. The predicted octanol–water partition coefficient (Wildman–Crippen LogP) is 2.22. The van der Waals surface area contributed by atoms with Gasteiger partial charge in [0.25, 0.3) is 5.91 Å². The second-order valence-corrected chi connectivity index (χ2v) is 6.20. The molecule has 2 rings (SSSR count). The molecular weight excluding hydrogens is 314 g/mol. The van der Waals surface area contributed by atoms with Gasteiger partial charge in [0, 0.05) is 12.1 Å². The first kappa shape index (κ1) is 18.7. The highest BCUT2D eigenvalue weighted by Gasteiger charge is 2.19. The molecule has 0 aliphatic rings. The summed E-state index contributed by atoms with van der Waals surface area (Å²) in [4.78, 5) is 26.5. The van der Waals surface area contributed by atoms with Gasteiger partial charge in [0.2, 0.25) is 5.91 Å². The molecule has 5 nitrogen and oxygen atoms in total. The Labute approximate surface area is 149 Å². The Morgan fingerprint density at radius 3 is 2.08 bits per heavy atom. The lowest BCUT2D eigenvalue weighted by molar-refractivity contribution is -0.122. The fraction of sp³-hybridized carbons (Fsp3) is 0.300. The van der Waals surface area contributed by atoms with Crippen molar-refractivity contribution in [3.8, 4) is 0 Å². The van der Waals surface area contributed by atoms with Crippen LogP contribution in [0.3, 0.4) is 0 Å². The zero-order chi connectivity index (χ0) is 18.2. The van der Waals surface area contributed by atoms with Crippen LogP contribution in [-0.2, 0) is 4.79 Å². The van der Waals surface area contributed by atoms with Gasteiger partial charge in [0.15, 0.2) is 0 Å². The fourth-order valence-electron chi connectivity index (χ4n) is 2.56. The minimum absolute atomic E-state index is 0.0715. The van der Waals surface area contributed by atoms with Gasteiger partial charge in [-0.05, 0) is 38.7 Å². The number of amides is 2. The second kappa shape index (κ2) is 8.99. The number of nitrogens with zero attached hydrogens (tertiary/aromatic N) is 1. The Balaban J connectivity index is 1.91. The van der Waals surface area contributed by atoms with E-state index in [1.165, 1.54) is 0 Å². The number of hydrogen-bond acceptors (Lipinski definition) is 3. The Kier molecular flexibility index (Phi) is 6.71. The van der Waals surface area contributed by atoms with Gasteiger partial charge in [-0.1, -0.05) is 48.5 Å². The molecule has 0 aromatic heterocycles. The molecule has 0 aliphatic carbocycles. The largest absolute Gasteiger partial charge is 0.352 e. The molecule has 25 heavy (non-hydrogen) atoms. The highest BCUT2D eigenvalue weighted by molar-refractivity contribution is 5.97. The third kappa shape index (κ3) is 5.43. The summed E-state index contributed by atoms with van der Waals surface area (Å²) in [6.07, 6.45) is 0. The molecule has 0 radical (unpaired) electrons. The molecule has 2 aromatic carbocycles. The quantitative estimate of drug-likeness (QED) is 0.813. The van der Waals surface area contributed by atoms with E-state index in [1.54, 1.807) is 31.2 Å². The maximum atomic E-state index is 12.3. The summed E-state index contributed by atoms with van der Waals surface area (Å²) in [6.45, 7) is 2.16. The Hall–Kier alpha value is -2.66. The zero-order valence-electron chi connectivity index (χ0n) is 14.9. The highest BCUT2D eigenvalue weighted by atomic mass is 16.2. The van der Waals surface area contributed by atoms with Gasteiger partial charge in [-0.2, -0.15) is 0 Å². The topological polar surface area (TPSA) is 61.4 Å². The Bertz CT molecular complexity index is 687. The lowest BCUT2D eigenvalue weighted by atomic mass is 10.1. The maximum absolute atomic E-state index is 12.3. The summed E-state index contributed by atoms with van der Waals surface area (Å²) in [5, 5.41) is 5.65. The van der Waals surface area contributed by atoms with Crippen molar-refractivity contribution in [3.63, 3.8) is 0 Å². The monoisotopic (exact) mass is 339 g/mol. The van der Waals surface area contributed by atoms with Crippen molar-refractivity contribution in [1.29, 1.82) is 0 Å². The number of carbonyl (C=O) groups is 2. The van der Waals surface area contributed by atoms with Crippen LogP contribution in [0, 0.1) is 0 Å². The summed E-state index contributed by atoms with van der Waals surface area (Å²) in [5.74, 6) is -0.456. The Morgan fingerprint density at radius 1 is 0.960 bits per heavy atom. The van der Waals surface area contributed by atoms with Gasteiger partial charge >= 0.3 is 0 Å². The van der Waals surface area contributed by atoms with Crippen LogP contribution in [0.2, 0.25) is 0 Å². The van der Waals surface area contributed by atoms with E-state index >= 15 is 0 Å². The molecule has 0 saturated carbocycles. The van der Waals surface area contributed by atoms with Crippen LogP contribution in [0.5, 0.6) is 0 Å². The molecule has 0 spiro atoms. The van der Waals surface area contributed by atoms with E-state index in [0.717, 1.165) is 5.56 Å². The third-order valence-corrected chi connectivity index (χ3v) is 4.05. The lowest BCUT2D eigenvalue weighted by Crippen LogP contribution is -2.46. The summed E-state index contributed by atoms with van der Waals surface area (Å²) in [7, 11) is 3.95. The van der Waals surface area contributed by atoms with Crippen molar-refractivity contribution in [2.45, 2.75) is 19.0 Å². The molecule has 2 N–H and O–H groups in total. The molecule has 2 unspecified atom stereocenters. The molecule has 0 heterocycles. The summed E-state index contributed by atoms with van der Waals surface area (Å²) in [5.41, 5.74) is 1.67. The molecule has 2 aromatic rings. The van der Waals surface area contributed by atoms with Crippen LogP contribution >= 0.6 is 0 Å². The second-order valence-electron chi connectivity index (χ2n) is 6.20. The molecule has 0 bridgehead atoms. The van der Waals surface area contributed by atoms with Gasteiger partial charge in [-0.25, -0.2) is 0 Å². The van der Waals surface area contributed by atoms with Gasteiger partial charge < -0.3 is 15.5 Å². The number of benzene rings is 2. The van der Waals surface area contributed by atoms with Crippen LogP contribution < -0.4 is 10.6 Å². The van der Waals surface area contributed by atoms with Gasteiger partial charge in [0.1, 0.15) is 6.04 Å². The average molecular weight is 339 g/mol. The van der Waals surface area contributed by atoms with Crippen molar-refractivity contribution in [3.05, 3.63) is 71.8 Å². The van der Waals surface area contributed by atoms with Crippen molar-refractivity contribution >= 4 is 11.8 Å². The van der Waals surface area contributed by atoms with E-state index in [9.17, 15) is 9.59 Å². The van der Waals surface area contributed by atoms with E-state index < -0.39 is 6.04 Å². The third-order valence-electron chi connectivity index (χ3n) is 4.05. The van der Waals surface area contributed by atoms with Crippen LogP contribution in [-0.4, -0.2) is 43.4 Å². The molecule has 5 heteroatoms. The van der Waals surface area contributed by atoms with Crippen molar-refractivity contribution in [2.24, 2.45) is 0 Å². The smallest absolute Gasteiger partial charge is 0.251 e. The lowest BCUT2D eigenvalue weighted by Gasteiger charge is -2.26. The van der Waals surface area contributed by atoms with E-state index in [4.69, 9.17) is 0 Å². The number of likely N-dealkylation sites (N-methyl/N-ethyl adjacent to an activating group) is 1. The standard InChI is InChI=1S/C20H25N3O2/c1-15(22-20(25)17-12-8-5-9-13-17)19(24)21-14-18(23(2)3)16-10-6-4-7-11-16/h4-13,15,18H,14H2,1-3H3,(H,21,24)(H,22,25). The van der Waals surface area contributed by atoms with Gasteiger partial charge in [0.05, 0.1) is 6.04 Å². The highest BCUT2D eigenvalue weighted by Crippen LogP contribution is 2.16. The van der Waals surface area contributed by atoms with Crippen molar-refractivity contribution in [1.82, 2.24) is 15.5 Å². The first-order chi connectivity index (χ1) is 12.0. The minimum Gasteiger partial charge on any atom is -0.352 e. The molecule has 2 atom stereocenters. The molecule has 2 amide bonds. The first-order valence-corrected chi connectivity index (χ1v) is 8.34. The SMILES string of the molecule is CC(NC(=O)c1ccccc1)C(=O)NCC(c1ccccc1)N(C)C. The van der Waals surface area contributed by atoms with Crippen LogP contribution in [0.15, 0.2) is 60.7 Å². The van der Waals surface area contributed by atoms with Crippen molar-refractivity contribution in [2.75, 3.05) is 20.6 Å². The van der Waals surface area contributed by atoms with E-state index in [0.29, 0.717) is 12.1 Å². The van der Waals surface area contributed by atoms with Crippen LogP contribution in [0.4, 0.5) is 0 Å². The van der Waals surface area contributed by atoms with E-state index in [2.05, 4.69) is 15.5 Å². The number of hydrogen-bond donors (Lipinski definition) is 2. The molecule has 132 valence electrons. The molecule has 0 saturated heterocycles. The maximum Gasteiger partial charge on any atom is 0.251 e.